The van der Waals surface area contributed by atoms with Gasteiger partial charge in [-0.05, 0) is 51.2 Å². The zero-order valence-corrected chi connectivity index (χ0v) is 14.8. The lowest BCUT2D eigenvalue weighted by molar-refractivity contribution is -0.126. The molecule has 4 nitrogen and oxygen atoms in total. The van der Waals surface area contributed by atoms with Crippen LogP contribution in [0.2, 0.25) is 0 Å². The maximum Gasteiger partial charge on any atom is 0.228 e. The Bertz CT molecular complexity index is 580. The van der Waals surface area contributed by atoms with Crippen molar-refractivity contribution in [3.63, 3.8) is 0 Å². The fraction of sp³-hybridized carbons (Fsp3) is 0.579. The SMILES string of the molecule is CCc1cccc(CC)c1NC(=O)C1CC1C(=O)NC(C)(C)C. The van der Waals surface area contributed by atoms with Gasteiger partial charge < -0.3 is 10.6 Å². The van der Waals surface area contributed by atoms with E-state index in [2.05, 4.69) is 24.5 Å². The molecule has 1 aromatic carbocycles. The molecule has 2 atom stereocenters. The van der Waals surface area contributed by atoms with Gasteiger partial charge in [0, 0.05) is 11.2 Å². The van der Waals surface area contributed by atoms with Crippen LogP contribution in [-0.4, -0.2) is 17.4 Å². The van der Waals surface area contributed by atoms with Crippen LogP contribution in [0, 0.1) is 11.8 Å². The summed E-state index contributed by atoms with van der Waals surface area (Å²) in [7, 11) is 0. The lowest BCUT2D eigenvalue weighted by Gasteiger charge is -2.20. The van der Waals surface area contributed by atoms with Crippen molar-refractivity contribution < 1.29 is 9.59 Å². The van der Waals surface area contributed by atoms with Gasteiger partial charge in [0.25, 0.3) is 0 Å². The van der Waals surface area contributed by atoms with Crippen LogP contribution in [0.3, 0.4) is 0 Å². The zero-order chi connectivity index (χ0) is 17.2. The molecular weight excluding hydrogens is 288 g/mol. The first-order chi connectivity index (χ1) is 10.8. The minimum absolute atomic E-state index is 0.0165. The van der Waals surface area contributed by atoms with Crippen molar-refractivity contribution >= 4 is 17.5 Å². The van der Waals surface area contributed by atoms with E-state index in [0.717, 1.165) is 29.7 Å². The summed E-state index contributed by atoms with van der Waals surface area (Å²) in [6.07, 6.45) is 2.40. The summed E-state index contributed by atoms with van der Waals surface area (Å²) in [6.45, 7) is 10.0. The molecule has 23 heavy (non-hydrogen) atoms. The van der Waals surface area contributed by atoms with Crippen LogP contribution in [0.25, 0.3) is 0 Å². The van der Waals surface area contributed by atoms with E-state index in [0.29, 0.717) is 6.42 Å². The Morgan fingerprint density at radius 3 is 2.04 bits per heavy atom. The van der Waals surface area contributed by atoms with Gasteiger partial charge in [0.15, 0.2) is 0 Å². The van der Waals surface area contributed by atoms with Crippen LogP contribution < -0.4 is 10.6 Å². The summed E-state index contributed by atoms with van der Waals surface area (Å²) in [5, 5.41) is 6.03. The highest BCUT2D eigenvalue weighted by molar-refractivity contribution is 6.00. The van der Waals surface area contributed by atoms with Gasteiger partial charge in [0.05, 0.1) is 11.8 Å². The number of nitrogens with one attached hydrogen (secondary N) is 2. The van der Waals surface area contributed by atoms with E-state index in [9.17, 15) is 9.59 Å². The quantitative estimate of drug-likeness (QED) is 0.875. The summed E-state index contributed by atoms with van der Waals surface area (Å²) < 4.78 is 0. The van der Waals surface area contributed by atoms with Crippen molar-refractivity contribution in [3.05, 3.63) is 29.3 Å². The topological polar surface area (TPSA) is 58.2 Å². The monoisotopic (exact) mass is 316 g/mol. The van der Waals surface area contributed by atoms with Gasteiger partial charge in [0.1, 0.15) is 0 Å². The first-order valence-electron chi connectivity index (χ1n) is 8.50. The van der Waals surface area contributed by atoms with Crippen LogP contribution >= 0.6 is 0 Å². The summed E-state index contributed by atoms with van der Waals surface area (Å²) in [6, 6.07) is 6.13. The predicted octanol–water partition coefficient (Wildman–Crippen LogP) is 3.30. The van der Waals surface area contributed by atoms with Crippen molar-refractivity contribution in [1.82, 2.24) is 5.32 Å². The molecule has 1 aliphatic rings. The third-order valence-electron chi connectivity index (χ3n) is 4.21. The molecule has 0 aromatic heterocycles. The largest absolute Gasteiger partial charge is 0.351 e. The summed E-state index contributed by atoms with van der Waals surface area (Å²) in [5.41, 5.74) is 2.97. The number of rotatable bonds is 5. The molecule has 2 amide bonds. The van der Waals surface area contributed by atoms with Crippen molar-refractivity contribution in [2.75, 3.05) is 5.32 Å². The predicted molar refractivity (Wildman–Crippen MR) is 93.3 cm³/mol. The van der Waals surface area contributed by atoms with E-state index in [-0.39, 0.29) is 29.2 Å². The molecule has 1 fully saturated rings. The second-order valence-electron chi connectivity index (χ2n) is 7.34. The van der Waals surface area contributed by atoms with Crippen LogP contribution in [0.4, 0.5) is 5.69 Å². The Morgan fingerprint density at radius 2 is 1.57 bits per heavy atom. The number of hydrogen-bond donors (Lipinski definition) is 2. The third kappa shape index (κ3) is 4.34. The Kier molecular flexibility index (Phi) is 5.12. The highest BCUT2D eigenvalue weighted by atomic mass is 16.2. The molecule has 1 aromatic rings. The van der Waals surface area contributed by atoms with Gasteiger partial charge in [-0.2, -0.15) is 0 Å². The van der Waals surface area contributed by atoms with Crippen LogP contribution in [0.15, 0.2) is 18.2 Å². The smallest absolute Gasteiger partial charge is 0.228 e. The van der Waals surface area contributed by atoms with E-state index in [4.69, 9.17) is 0 Å². The van der Waals surface area contributed by atoms with Gasteiger partial charge in [-0.3, -0.25) is 9.59 Å². The molecule has 0 bridgehead atoms. The Balaban J connectivity index is 2.03. The third-order valence-corrected chi connectivity index (χ3v) is 4.21. The minimum Gasteiger partial charge on any atom is -0.351 e. The van der Waals surface area contributed by atoms with Crippen molar-refractivity contribution in [2.24, 2.45) is 11.8 Å². The second kappa shape index (κ2) is 6.73. The molecule has 126 valence electrons. The Labute approximate surface area is 139 Å². The standard InChI is InChI=1S/C19H28N2O2/c1-6-12-9-8-10-13(7-2)16(12)20-17(22)14-11-15(14)18(23)21-19(3,4)5/h8-10,14-15H,6-7,11H2,1-5H3,(H,20,22)(H,21,23). The number of anilines is 1. The molecule has 0 spiro atoms. The first-order valence-corrected chi connectivity index (χ1v) is 8.50. The van der Waals surface area contributed by atoms with Crippen LogP contribution in [-0.2, 0) is 22.4 Å². The molecule has 2 rings (SSSR count). The number of benzene rings is 1. The Morgan fingerprint density at radius 1 is 1.04 bits per heavy atom. The molecule has 0 aliphatic heterocycles. The highest BCUT2D eigenvalue weighted by Gasteiger charge is 2.48. The number of amides is 2. The number of para-hydroxylation sites is 1. The fourth-order valence-electron chi connectivity index (χ4n) is 2.86. The summed E-state index contributed by atoms with van der Waals surface area (Å²) in [5.74, 6) is -0.438. The van der Waals surface area contributed by atoms with Crippen LogP contribution in [0.1, 0.15) is 52.2 Å². The van der Waals surface area contributed by atoms with Gasteiger partial charge in [-0.15, -0.1) is 0 Å². The number of carbonyl (C=O) groups is 2. The average molecular weight is 316 g/mol. The maximum atomic E-state index is 12.5. The zero-order valence-electron chi connectivity index (χ0n) is 14.8. The molecule has 0 radical (unpaired) electrons. The van der Waals surface area contributed by atoms with Gasteiger partial charge in [-0.1, -0.05) is 32.0 Å². The lowest BCUT2D eigenvalue weighted by Crippen LogP contribution is -2.42. The number of carbonyl (C=O) groups excluding carboxylic acids is 2. The maximum absolute atomic E-state index is 12.5. The molecule has 0 heterocycles. The minimum atomic E-state index is -0.259. The summed E-state index contributed by atoms with van der Waals surface area (Å²) in [4.78, 5) is 24.6. The van der Waals surface area contributed by atoms with E-state index in [1.807, 2.05) is 39.0 Å². The molecule has 2 N–H and O–H groups in total. The second-order valence-corrected chi connectivity index (χ2v) is 7.34. The van der Waals surface area contributed by atoms with Crippen molar-refractivity contribution in [2.45, 2.75) is 59.4 Å². The molecule has 1 aliphatic carbocycles. The van der Waals surface area contributed by atoms with Crippen LogP contribution in [0.5, 0.6) is 0 Å². The fourth-order valence-corrected chi connectivity index (χ4v) is 2.86. The van der Waals surface area contributed by atoms with E-state index >= 15 is 0 Å². The van der Waals surface area contributed by atoms with E-state index in [1.165, 1.54) is 0 Å². The molecule has 2 unspecified atom stereocenters. The van der Waals surface area contributed by atoms with Crippen molar-refractivity contribution in [1.29, 1.82) is 0 Å². The number of hydrogen-bond acceptors (Lipinski definition) is 2. The average Bonchev–Trinajstić information content (AvgIpc) is 3.26. The van der Waals surface area contributed by atoms with Gasteiger partial charge in [-0.25, -0.2) is 0 Å². The summed E-state index contributed by atoms with van der Waals surface area (Å²) >= 11 is 0. The normalized spacial score (nSPS) is 20.0. The molecule has 1 saturated carbocycles. The first kappa shape index (κ1) is 17.5. The molecular formula is C19H28N2O2. The van der Waals surface area contributed by atoms with E-state index in [1.54, 1.807) is 0 Å². The van der Waals surface area contributed by atoms with Crippen molar-refractivity contribution in [3.8, 4) is 0 Å². The highest BCUT2D eigenvalue weighted by Crippen LogP contribution is 2.40. The van der Waals surface area contributed by atoms with Gasteiger partial charge in [0.2, 0.25) is 11.8 Å². The molecule has 0 saturated heterocycles. The van der Waals surface area contributed by atoms with Gasteiger partial charge >= 0.3 is 0 Å². The number of aryl methyl sites for hydroxylation is 2. The molecule has 4 heteroatoms. The van der Waals surface area contributed by atoms with E-state index < -0.39 is 0 Å². The lowest BCUT2D eigenvalue weighted by atomic mass is 10.0. The Hall–Kier alpha value is -1.84.